The first-order valence-electron chi connectivity index (χ1n) is 12.0. The van der Waals surface area contributed by atoms with Crippen LogP contribution in [0.15, 0.2) is 24.3 Å². The van der Waals surface area contributed by atoms with Gasteiger partial charge >= 0.3 is 5.97 Å². The molecule has 36 heavy (non-hydrogen) atoms. The van der Waals surface area contributed by atoms with Gasteiger partial charge in [0, 0.05) is 12.2 Å². The van der Waals surface area contributed by atoms with E-state index in [1.165, 1.54) is 12.1 Å². The van der Waals surface area contributed by atoms with E-state index in [9.17, 15) is 29.4 Å². The Bertz CT molecular complexity index is 869. The third-order valence-corrected chi connectivity index (χ3v) is 6.31. The molecule has 0 saturated heterocycles. The molecule has 0 heterocycles. The molecule has 0 aromatic heterocycles. The molecule has 0 fully saturated rings. The number of amides is 3. The van der Waals surface area contributed by atoms with Crippen LogP contribution < -0.4 is 27.4 Å². The molecule has 0 spiro atoms. The zero-order chi connectivity index (χ0) is 27.3. The van der Waals surface area contributed by atoms with Gasteiger partial charge in [0.25, 0.3) is 0 Å². The normalized spacial score (nSPS) is 15.1. The van der Waals surface area contributed by atoms with E-state index in [0.29, 0.717) is 37.8 Å². The van der Waals surface area contributed by atoms with E-state index in [2.05, 4.69) is 28.6 Å². The van der Waals surface area contributed by atoms with Gasteiger partial charge in [-0.15, -0.1) is 0 Å². The summed E-state index contributed by atoms with van der Waals surface area (Å²) in [5, 5.41) is 26.6. The summed E-state index contributed by atoms with van der Waals surface area (Å²) in [6.45, 7) is 4.17. The molecule has 5 unspecified atom stereocenters. The second-order valence-corrected chi connectivity index (χ2v) is 9.14. The van der Waals surface area contributed by atoms with Gasteiger partial charge in [0.1, 0.15) is 23.9 Å². The second kappa shape index (κ2) is 16.0. The maximum Gasteiger partial charge on any atom is 0.326 e. The molecule has 0 aliphatic carbocycles. The van der Waals surface area contributed by atoms with E-state index in [-0.39, 0.29) is 23.8 Å². The van der Waals surface area contributed by atoms with E-state index in [1.54, 1.807) is 12.1 Å². The minimum Gasteiger partial charge on any atom is -0.508 e. The van der Waals surface area contributed by atoms with Crippen LogP contribution in [0.2, 0.25) is 0 Å². The molecule has 0 aliphatic rings. The van der Waals surface area contributed by atoms with Gasteiger partial charge in [-0.25, -0.2) is 4.79 Å². The summed E-state index contributed by atoms with van der Waals surface area (Å²) in [5.41, 5.74) is 12.1. The molecule has 11 nitrogen and oxygen atoms in total. The number of carboxylic acids is 1. The molecule has 0 radical (unpaired) electrons. The Morgan fingerprint density at radius 3 is 2.03 bits per heavy atom. The lowest BCUT2D eigenvalue weighted by molar-refractivity contribution is -0.142. The Morgan fingerprint density at radius 2 is 1.50 bits per heavy atom. The SMILES string of the molecule is CCC(C)C(N)C(=O)NC(CCCCN)C(=O)NC(CS)C(=O)NC(Cc1ccc(O)cc1)C(=O)O. The summed E-state index contributed by atoms with van der Waals surface area (Å²) in [6.07, 6.45) is 2.17. The lowest BCUT2D eigenvalue weighted by atomic mass is 9.98. The lowest BCUT2D eigenvalue weighted by Crippen LogP contribution is -2.58. The molecule has 3 amide bonds. The summed E-state index contributed by atoms with van der Waals surface area (Å²) in [7, 11) is 0. The number of benzene rings is 1. The molecular formula is C24H39N5O6S. The van der Waals surface area contributed by atoms with E-state index in [0.717, 1.165) is 0 Å². The molecule has 0 bridgehead atoms. The van der Waals surface area contributed by atoms with Crippen molar-refractivity contribution in [1.82, 2.24) is 16.0 Å². The van der Waals surface area contributed by atoms with Crippen LogP contribution in [0.1, 0.15) is 45.1 Å². The minimum absolute atomic E-state index is 0.0279. The summed E-state index contributed by atoms with van der Waals surface area (Å²) in [5.74, 6) is -3.21. The predicted octanol–water partition coefficient (Wildman–Crippen LogP) is -0.0941. The lowest BCUT2D eigenvalue weighted by Gasteiger charge is -2.25. The van der Waals surface area contributed by atoms with Crippen molar-refractivity contribution in [2.75, 3.05) is 12.3 Å². The Morgan fingerprint density at radius 1 is 0.944 bits per heavy atom. The monoisotopic (exact) mass is 525 g/mol. The number of aromatic hydroxyl groups is 1. The third kappa shape index (κ3) is 10.4. The smallest absolute Gasteiger partial charge is 0.326 e. The first-order chi connectivity index (χ1) is 17.0. The largest absolute Gasteiger partial charge is 0.508 e. The fourth-order valence-corrected chi connectivity index (χ4v) is 3.61. The molecule has 1 rings (SSSR count). The number of carbonyl (C=O) groups excluding carboxylic acids is 3. The van der Waals surface area contributed by atoms with Gasteiger partial charge in [-0.2, -0.15) is 12.6 Å². The molecule has 0 saturated carbocycles. The highest BCUT2D eigenvalue weighted by atomic mass is 32.1. The summed E-state index contributed by atoms with van der Waals surface area (Å²) in [4.78, 5) is 50.1. The van der Waals surface area contributed by atoms with Crippen molar-refractivity contribution in [3.05, 3.63) is 29.8 Å². The van der Waals surface area contributed by atoms with Crippen molar-refractivity contribution in [3.8, 4) is 5.75 Å². The van der Waals surface area contributed by atoms with Gasteiger partial charge in [-0.3, -0.25) is 14.4 Å². The summed E-state index contributed by atoms with van der Waals surface area (Å²) in [6, 6.07) is 1.79. The van der Waals surface area contributed by atoms with Crippen molar-refractivity contribution < 1.29 is 29.4 Å². The minimum atomic E-state index is -1.27. The van der Waals surface area contributed by atoms with Crippen molar-refractivity contribution >= 4 is 36.3 Å². The van der Waals surface area contributed by atoms with Crippen LogP contribution in [0.4, 0.5) is 0 Å². The highest BCUT2D eigenvalue weighted by Gasteiger charge is 2.30. The predicted molar refractivity (Wildman–Crippen MR) is 139 cm³/mol. The number of unbranched alkanes of at least 4 members (excludes halogenated alkanes) is 1. The van der Waals surface area contributed by atoms with E-state index in [1.807, 2.05) is 13.8 Å². The Balaban J connectivity index is 2.89. The number of aliphatic carboxylic acids is 1. The number of phenolic OH excluding ortho intramolecular Hbond substituents is 1. The van der Waals surface area contributed by atoms with Crippen molar-refractivity contribution in [2.24, 2.45) is 17.4 Å². The van der Waals surface area contributed by atoms with Crippen LogP contribution in [-0.2, 0) is 25.6 Å². The number of carbonyl (C=O) groups is 4. The number of phenols is 1. The molecular weight excluding hydrogens is 486 g/mol. The Labute approximate surface area is 217 Å². The first kappa shape index (κ1) is 31.2. The number of hydrogen-bond donors (Lipinski definition) is 8. The van der Waals surface area contributed by atoms with Gasteiger partial charge < -0.3 is 37.6 Å². The zero-order valence-corrected chi connectivity index (χ0v) is 21.7. The molecule has 12 heteroatoms. The number of rotatable bonds is 16. The molecule has 1 aromatic rings. The fourth-order valence-electron chi connectivity index (χ4n) is 3.35. The summed E-state index contributed by atoms with van der Waals surface area (Å²) < 4.78 is 0. The molecule has 1 aromatic carbocycles. The third-order valence-electron chi connectivity index (χ3n) is 5.95. The van der Waals surface area contributed by atoms with Crippen molar-refractivity contribution in [3.63, 3.8) is 0 Å². The van der Waals surface area contributed by atoms with Crippen LogP contribution in [0, 0.1) is 5.92 Å². The molecule has 202 valence electrons. The van der Waals surface area contributed by atoms with E-state index < -0.39 is 47.9 Å². The van der Waals surface area contributed by atoms with Crippen molar-refractivity contribution in [2.45, 2.75) is 70.1 Å². The van der Waals surface area contributed by atoms with Crippen LogP contribution >= 0.6 is 12.6 Å². The number of carboxylic acid groups (broad SMARTS) is 1. The van der Waals surface area contributed by atoms with Gasteiger partial charge in [0.05, 0.1) is 6.04 Å². The van der Waals surface area contributed by atoms with Crippen LogP contribution in [-0.4, -0.2) is 70.4 Å². The van der Waals surface area contributed by atoms with Gasteiger partial charge in [-0.1, -0.05) is 32.4 Å². The Kier molecular flexibility index (Phi) is 13.9. The average Bonchev–Trinajstić information content (AvgIpc) is 2.86. The number of nitrogens with one attached hydrogen (secondary N) is 3. The maximum absolute atomic E-state index is 13.0. The highest BCUT2D eigenvalue weighted by molar-refractivity contribution is 7.80. The highest BCUT2D eigenvalue weighted by Crippen LogP contribution is 2.12. The van der Waals surface area contributed by atoms with E-state index >= 15 is 0 Å². The standard InChI is InChI=1S/C24H39N5O6S/c1-3-14(2)20(26)23(33)27-17(6-4-5-11-25)21(31)29-19(13-36)22(32)28-18(24(34)35)12-15-7-9-16(30)10-8-15/h7-10,14,17-20,30,36H,3-6,11-13,25-26H2,1-2H3,(H,27,33)(H,28,32)(H,29,31)(H,34,35). The summed E-state index contributed by atoms with van der Waals surface area (Å²) >= 11 is 4.14. The quantitative estimate of drug-likeness (QED) is 0.108. The fraction of sp³-hybridized carbons (Fsp3) is 0.583. The van der Waals surface area contributed by atoms with Crippen molar-refractivity contribution in [1.29, 1.82) is 0 Å². The van der Waals surface area contributed by atoms with Gasteiger partial charge in [-0.05, 0) is 49.4 Å². The molecule has 5 atom stereocenters. The Hall–Kier alpha value is -2.83. The van der Waals surface area contributed by atoms with Crippen LogP contribution in [0.3, 0.4) is 0 Å². The first-order valence-corrected chi connectivity index (χ1v) is 12.7. The van der Waals surface area contributed by atoms with E-state index in [4.69, 9.17) is 11.5 Å². The average molecular weight is 526 g/mol. The number of nitrogens with two attached hydrogens (primary N) is 2. The molecule has 9 N–H and O–H groups in total. The topological polar surface area (TPSA) is 197 Å². The van der Waals surface area contributed by atoms with Gasteiger partial charge in [0.15, 0.2) is 0 Å². The van der Waals surface area contributed by atoms with Gasteiger partial charge in [0.2, 0.25) is 17.7 Å². The maximum atomic E-state index is 13.0. The van der Waals surface area contributed by atoms with Crippen LogP contribution in [0.5, 0.6) is 5.75 Å². The number of hydrogen-bond acceptors (Lipinski definition) is 8. The number of thiol groups is 1. The zero-order valence-electron chi connectivity index (χ0n) is 20.8. The second-order valence-electron chi connectivity index (χ2n) is 8.77. The van der Waals surface area contributed by atoms with Crippen LogP contribution in [0.25, 0.3) is 0 Å². The molecule has 0 aliphatic heterocycles.